The fourth-order valence-corrected chi connectivity index (χ4v) is 3.61. The van der Waals surface area contributed by atoms with Crippen LogP contribution in [0.15, 0.2) is 24.3 Å². The van der Waals surface area contributed by atoms with Crippen LogP contribution in [-0.2, 0) is 0 Å². The van der Waals surface area contributed by atoms with Crippen molar-refractivity contribution >= 4 is 0 Å². The summed E-state index contributed by atoms with van der Waals surface area (Å²) in [4.78, 5) is 0. The Morgan fingerprint density at radius 1 is 1.14 bits per heavy atom. The molecule has 1 aromatic carbocycles. The Bertz CT molecular complexity index is 458. The Morgan fingerprint density at radius 3 is 2.67 bits per heavy atom. The van der Waals surface area contributed by atoms with E-state index in [1.165, 1.54) is 25.7 Å². The molecule has 0 amide bonds. The number of aliphatic hydroxyl groups excluding tert-OH is 1. The van der Waals surface area contributed by atoms with Crippen LogP contribution in [0, 0.1) is 11.8 Å². The molecule has 116 valence electrons. The number of nitrogens with one attached hydrogen (secondary N) is 1. The normalized spacial score (nSPS) is 27.5. The Kier molecular flexibility index (Phi) is 4.81. The molecule has 2 aliphatic rings. The van der Waals surface area contributed by atoms with Crippen LogP contribution in [0.4, 0.5) is 0 Å². The summed E-state index contributed by atoms with van der Waals surface area (Å²) in [6.45, 7) is 1.01. The Morgan fingerprint density at radius 2 is 1.95 bits per heavy atom. The van der Waals surface area contributed by atoms with E-state index >= 15 is 0 Å². The SMILES string of the molecule is Oc1cccc(C(NCCC2CC2)[C@@H]2CCCC[C@@H]2O)c1. The first-order valence-corrected chi connectivity index (χ1v) is 8.44. The highest BCUT2D eigenvalue weighted by molar-refractivity contribution is 5.30. The van der Waals surface area contributed by atoms with Crippen molar-refractivity contribution in [2.45, 2.75) is 57.1 Å². The van der Waals surface area contributed by atoms with Crippen molar-refractivity contribution in [3.8, 4) is 5.75 Å². The third-order valence-corrected chi connectivity index (χ3v) is 5.05. The van der Waals surface area contributed by atoms with Crippen molar-refractivity contribution in [2.24, 2.45) is 11.8 Å². The van der Waals surface area contributed by atoms with Crippen molar-refractivity contribution in [1.29, 1.82) is 0 Å². The molecule has 1 unspecified atom stereocenters. The first-order valence-electron chi connectivity index (χ1n) is 8.44. The molecule has 21 heavy (non-hydrogen) atoms. The molecule has 3 N–H and O–H groups in total. The predicted molar refractivity (Wildman–Crippen MR) is 84.2 cm³/mol. The van der Waals surface area contributed by atoms with E-state index in [2.05, 4.69) is 11.4 Å². The molecule has 0 aliphatic heterocycles. The third kappa shape index (κ3) is 3.98. The molecule has 1 aromatic rings. The largest absolute Gasteiger partial charge is 0.508 e. The number of rotatable bonds is 6. The molecular formula is C18H27NO2. The van der Waals surface area contributed by atoms with Gasteiger partial charge in [0.25, 0.3) is 0 Å². The van der Waals surface area contributed by atoms with E-state index in [1.807, 2.05) is 12.1 Å². The summed E-state index contributed by atoms with van der Waals surface area (Å²) in [6, 6.07) is 7.68. The molecule has 0 spiro atoms. The zero-order chi connectivity index (χ0) is 14.7. The van der Waals surface area contributed by atoms with Gasteiger partial charge < -0.3 is 15.5 Å². The second-order valence-electron chi connectivity index (χ2n) is 6.77. The predicted octanol–water partition coefficient (Wildman–Crippen LogP) is 3.37. The molecule has 3 rings (SSSR count). The van der Waals surface area contributed by atoms with Crippen molar-refractivity contribution in [2.75, 3.05) is 6.54 Å². The highest BCUT2D eigenvalue weighted by atomic mass is 16.3. The number of benzene rings is 1. The van der Waals surface area contributed by atoms with Crippen molar-refractivity contribution in [3.63, 3.8) is 0 Å². The molecule has 0 saturated heterocycles. The molecule has 3 atom stereocenters. The van der Waals surface area contributed by atoms with Crippen molar-refractivity contribution in [1.82, 2.24) is 5.32 Å². The minimum atomic E-state index is -0.223. The molecule has 2 saturated carbocycles. The molecule has 2 fully saturated rings. The summed E-state index contributed by atoms with van der Waals surface area (Å²) in [7, 11) is 0. The summed E-state index contributed by atoms with van der Waals surface area (Å²) in [5.74, 6) is 1.49. The van der Waals surface area contributed by atoms with Crippen LogP contribution in [0.2, 0.25) is 0 Å². The maximum atomic E-state index is 10.4. The van der Waals surface area contributed by atoms with E-state index in [4.69, 9.17) is 0 Å². The summed E-state index contributed by atoms with van der Waals surface area (Å²) in [6.07, 6.45) is 8.07. The van der Waals surface area contributed by atoms with Gasteiger partial charge in [-0.3, -0.25) is 0 Å². The molecular weight excluding hydrogens is 262 g/mol. The number of hydrogen-bond acceptors (Lipinski definition) is 3. The molecule has 3 heteroatoms. The number of hydrogen-bond donors (Lipinski definition) is 3. The molecule has 3 nitrogen and oxygen atoms in total. The summed E-state index contributed by atoms with van der Waals surface area (Å²) < 4.78 is 0. The Labute approximate surface area is 127 Å². The lowest BCUT2D eigenvalue weighted by atomic mass is 9.79. The first-order chi connectivity index (χ1) is 10.2. The fraction of sp³-hybridized carbons (Fsp3) is 0.667. The van der Waals surface area contributed by atoms with Gasteiger partial charge in [0.05, 0.1) is 6.10 Å². The second-order valence-corrected chi connectivity index (χ2v) is 6.77. The van der Waals surface area contributed by atoms with Gasteiger partial charge in [0, 0.05) is 12.0 Å². The minimum absolute atomic E-state index is 0.158. The van der Waals surface area contributed by atoms with E-state index in [0.29, 0.717) is 5.75 Å². The minimum Gasteiger partial charge on any atom is -0.508 e. The standard InChI is InChI=1S/C18H27NO2/c20-15-5-3-4-14(12-15)18(19-11-10-13-8-9-13)16-6-1-2-7-17(16)21/h3-5,12-13,16-21H,1-2,6-11H2/t16-,17+,18?/m1/s1. The highest BCUT2D eigenvalue weighted by Crippen LogP contribution is 2.36. The van der Waals surface area contributed by atoms with E-state index < -0.39 is 0 Å². The van der Waals surface area contributed by atoms with Gasteiger partial charge in [0.15, 0.2) is 0 Å². The average Bonchev–Trinajstić information content (AvgIpc) is 3.29. The van der Waals surface area contributed by atoms with Crippen LogP contribution in [0.1, 0.15) is 56.6 Å². The van der Waals surface area contributed by atoms with Gasteiger partial charge in [-0.25, -0.2) is 0 Å². The van der Waals surface area contributed by atoms with E-state index in [9.17, 15) is 10.2 Å². The molecule has 0 aromatic heterocycles. The first kappa shape index (κ1) is 14.9. The van der Waals surface area contributed by atoms with Gasteiger partial charge in [-0.05, 0) is 49.4 Å². The third-order valence-electron chi connectivity index (χ3n) is 5.05. The summed E-state index contributed by atoms with van der Waals surface area (Å²) in [5.41, 5.74) is 1.11. The van der Waals surface area contributed by atoms with E-state index in [1.54, 1.807) is 6.07 Å². The molecule has 2 aliphatic carbocycles. The van der Waals surface area contributed by atoms with Gasteiger partial charge in [-0.1, -0.05) is 37.8 Å². The lowest BCUT2D eigenvalue weighted by Crippen LogP contribution is -2.37. The quantitative estimate of drug-likeness (QED) is 0.752. The zero-order valence-electron chi connectivity index (χ0n) is 12.7. The van der Waals surface area contributed by atoms with E-state index in [-0.39, 0.29) is 18.1 Å². The van der Waals surface area contributed by atoms with Gasteiger partial charge >= 0.3 is 0 Å². The van der Waals surface area contributed by atoms with Crippen LogP contribution in [0.5, 0.6) is 5.75 Å². The zero-order valence-corrected chi connectivity index (χ0v) is 12.7. The Balaban J connectivity index is 1.71. The van der Waals surface area contributed by atoms with Gasteiger partial charge in [-0.2, -0.15) is 0 Å². The highest BCUT2D eigenvalue weighted by Gasteiger charge is 2.32. The number of phenolic OH excluding ortho intramolecular Hbond substituents is 1. The van der Waals surface area contributed by atoms with Crippen LogP contribution in [-0.4, -0.2) is 22.9 Å². The average molecular weight is 289 g/mol. The lowest BCUT2D eigenvalue weighted by molar-refractivity contribution is 0.0476. The van der Waals surface area contributed by atoms with Gasteiger partial charge in [-0.15, -0.1) is 0 Å². The monoisotopic (exact) mass is 289 g/mol. The topological polar surface area (TPSA) is 52.5 Å². The van der Waals surface area contributed by atoms with Crippen LogP contribution in [0.25, 0.3) is 0 Å². The fourth-order valence-electron chi connectivity index (χ4n) is 3.61. The van der Waals surface area contributed by atoms with Crippen molar-refractivity contribution < 1.29 is 10.2 Å². The van der Waals surface area contributed by atoms with Gasteiger partial charge in [0.2, 0.25) is 0 Å². The maximum absolute atomic E-state index is 10.4. The van der Waals surface area contributed by atoms with Gasteiger partial charge in [0.1, 0.15) is 5.75 Å². The molecule has 0 heterocycles. The number of aromatic hydroxyl groups is 1. The van der Waals surface area contributed by atoms with Crippen LogP contribution >= 0.6 is 0 Å². The lowest BCUT2D eigenvalue weighted by Gasteiger charge is -2.35. The van der Waals surface area contributed by atoms with Crippen molar-refractivity contribution in [3.05, 3.63) is 29.8 Å². The number of aliphatic hydroxyl groups is 1. The molecule has 0 bridgehead atoms. The summed E-state index contributed by atoms with van der Waals surface area (Å²) >= 11 is 0. The van der Waals surface area contributed by atoms with Crippen LogP contribution < -0.4 is 5.32 Å². The summed E-state index contributed by atoms with van der Waals surface area (Å²) in [5, 5.41) is 23.8. The number of phenols is 1. The second kappa shape index (κ2) is 6.80. The van der Waals surface area contributed by atoms with E-state index in [0.717, 1.165) is 37.3 Å². The van der Waals surface area contributed by atoms with Crippen LogP contribution in [0.3, 0.4) is 0 Å². The maximum Gasteiger partial charge on any atom is 0.115 e. The molecule has 0 radical (unpaired) electrons. The smallest absolute Gasteiger partial charge is 0.115 e. The Hall–Kier alpha value is -1.06.